The summed E-state index contributed by atoms with van der Waals surface area (Å²) in [5.74, 6) is 0.547. The molecule has 3 aromatic carbocycles. The number of fused-ring (bicyclic) bond motifs is 9. The number of carbonyl (C=O) groups excluding carboxylic acids is 1. The Bertz CT molecular complexity index is 1840. The minimum absolute atomic E-state index is 0. The first kappa shape index (κ1) is 30.4. The van der Waals surface area contributed by atoms with Gasteiger partial charge in [0.05, 0.1) is 16.9 Å². The number of ketones is 1. The van der Waals surface area contributed by atoms with E-state index in [1.165, 1.54) is 22.2 Å². The molecule has 1 radical (unpaired) electrons. The van der Waals surface area contributed by atoms with Gasteiger partial charge in [-0.15, -0.1) is 23.6 Å². The van der Waals surface area contributed by atoms with Gasteiger partial charge in [-0.25, -0.2) is 0 Å². The van der Waals surface area contributed by atoms with E-state index in [2.05, 4.69) is 62.9 Å². The molecular weight excluding hydrogens is 687 g/mol. The van der Waals surface area contributed by atoms with Crippen molar-refractivity contribution in [2.24, 2.45) is 11.8 Å². The van der Waals surface area contributed by atoms with E-state index in [9.17, 15) is 9.90 Å². The molecule has 6 rings (SSSR count). The fourth-order valence-electron chi connectivity index (χ4n) is 5.62. The standard InChI is InChI=1S/C22H12N3.C13H24O2.Ir/c1-2-5-15-13-19-18(12-14(15)4-1)16-7-8-20-17(6-3-9-23-20)21(16)25-11-10-24-22(19)25;1-5-10(6-2)12(14)9-13(15)11(7-3)8-4;/h1-12H;9-11,14H,5-8H2,1-4H3;/q-1;;/b;12-9-;. The average molecular weight is 723 g/mol. The molecule has 3 heterocycles. The van der Waals surface area contributed by atoms with Crippen LogP contribution < -0.4 is 0 Å². The Morgan fingerprint density at radius 2 is 1.61 bits per heavy atom. The van der Waals surface area contributed by atoms with Gasteiger partial charge in [-0.2, -0.15) is 0 Å². The molecule has 0 unspecified atom stereocenters. The first-order valence-electron chi connectivity index (χ1n) is 14.3. The normalized spacial score (nSPS) is 11.9. The molecule has 6 heteroatoms. The minimum atomic E-state index is 0. The molecule has 0 fully saturated rings. The number of hydrogen-bond donors (Lipinski definition) is 1. The van der Waals surface area contributed by atoms with Gasteiger partial charge in [-0.3, -0.25) is 14.8 Å². The molecule has 0 aliphatic carbocycles. The summed E-state index contributed by atoms with van der Waals surface area (Å²) in [5.41, 5.74) is 3.08. The van der Waals surface area contributed by atoms with Crippen LogP contribution in [0.2, 0.25) is 0 Å². The molecule has 1 N–H and O–H groups in total. The number of nitrogens with zero attached hydrogens (tertiary/aromatic N) is 3. The fourth-order valence-corrected chi connectivity index (χ4v) is 5.62. The Labute approximate surface area is 254 Å². The SMILES string of the molecule is CCC(CC)C(=O)/C=C(\O)C(CC)CC.[Ir].[c-]1c2ccccc2cc2c1c1nccn1c1c3cccnc3ccc21. The number of aliphatic hydroxyl groups excluding tert-OH is 1. The molecule has 0 bridgehead atoms. The number of hydrogen-bond acceptors (Lipinski definition) is 4. The van der Waals surface area contributed by atoms with Crippen molar-refractivity contribution in [2.45, 2.75) is 53.4 Å². The van der Waals surface area contributed by atoms with E-state index in [4.69, 9.17) is 0 Å². The van der Waals surface area contributed by atoms with Crippen LogP contribution in [0.25, 0.3) is 49.0 Å². The number of allylic oxidation sites excluding steroid dienone is 2. The van der Waals surface area contributed by atoms with Crippen LogP contribution in [0.5, 0.6) is 0 Å². The van der Waals surface area contributed by atoms with Crippen molar-refractivity contribution >= 4 is 54.8 Å². The summed E-state index contributed by atoms with van der Waals surface area (Å²) in [7, 11) is 0. The molecule has 41 heavy (non-hydrogen) atoms. The maximum Gasteiger partial charge on any atom is 0.162 e. The van der Waals surface area contributed by atoms with Crippen molar-refractivity contribution in [2.75, 3.05) is 0 Å². The van der Waals surface area contributed by atoms with Gasteiger partial charge in [0.1, 0.15) is 0 Å². The van der Waals surface area contributed by atoms with Gasteiger partial charge >= 0.3 is 0 Å². The Morgan fingerprint density at radius 1 is 0.878 bits per heavy atom. The fraction of sp³-hybridized carbons (Fsp3) is 0.286. The molecule has 0 aliphatic heterocycles. The summed E-state index contributed by atoms with van der Waals surface area (Å²) in [6, 6.07) is 22.5. The van der Waals surface area contributed by atoms with Gasteiger partial charge in [-0.1, -0.05) is 68.1 Å². The van der Waals surface area contributed by atoms with Crippen molar-refractivity contribution in [1.29, 1.82) is 0 Å². The van der Waals surface area contributed by atoms with Gasteiger partial charge < -0.3 is 9.51 Å². The summed E-state index contributed by atoms with van der Waals surface area (Å²) in [6.07, 6.45) is 10.6. The van der Waals surface area contributed by atoms with Crippen LogP contribution in [-0.4, -0.2) is 25.3 Å². The number of aromatic nitrogens is 3. The second kappa shape index (κ2) is 13.4. The molecule has 6 aromatic rings. The van der Waals surface area contributed by atoms with Gasteiger partial charge in [0, 0.05) is 67.5 Å². The third-order valence-electron chi connectivity index (χ3n) is 8.02. The summed E-state index contributed by atoms with van der Waals surface area (Å²) in [4.78, 5) is 20.8. The van der Waals surface area contributed by atoms with Gasteiger partial charge in [0.25, 0.3) is 0 Å². The zero-order valence-corrected chi connectivity index (χ0v) is 26.4. The number of imidazole rings is 1. The van der Waals surface area contributed by atoms with Crippen LogP contribution in [0.4, 0.5) is 0 Å². The third kappa shape index (κ3) is 5.91. The van der Waals surface area contributed by atoms with Crippen LogP contribution in [0.15, 0.2) is 85.0 Å². The smallest absolute Gasteiger partial charge is 0.162 e. The predicted molar refractivity (Wildman–Crippen MR) is 166 cm³/mol. The molecule has 0 saturated carbocycles. The summed E-state index contributed by atoms with van der Waals surface area (Å²) >= 11 is 0. The van der Waals surface area contributed by atoms with E-state index >= 15 is 0 Å². The van der Waals surface area contributed by atoms with Gasteiger partial charge in [0.2, 0.25) is 0 Å². The van der Waals surface area contributed by atoms with Crippen molar-refractivity contribution in [3.8, 4) is 0 Å². The van der Waals surface area contributed by atoms with E-state index in [0.29, 0.717) is 0 Å². The predicted octanol–water partition coefficient (Wildman–Crippen LogP) is 9.01. The van der Waals surface area contributed by atoms with Gasteiger partial charge in [0.15, 0.2) is 5.78 Å². The van der Waals surface area contributed by atoms with Crippen LogP contribution in [0, 0.1) is 17.9 Å². The molecule has 213 valence electrons. The molecule has 3 aromatic heterocycles. The maximum atomic E-state index is 11.7. The molecular formula is C35H36IrN3O2-. The van der Waals surface area contributed by atoms with Crippen molar-refractivity contribution in [3.63, 3.8) is 0 Å². The summed E-state index contributed by atoms with van der Waals surface area (Å²) in [5, 5.41) is 16.6. The molecule has 0 saturated heterocycles. The van der Waals surface area contributed by atoms with E-state index in [1.807, 2.05) is 58.4 Å². The quantitative estimate of drug-likeness (QED) is 0.0588. The number of carbonyl (C=O) groups is 1. The zero-order chi connectivity index (χ0) is 28.2. The molecule has 0 spiro atoms. The second-order valence-electron chi connectivity index (χ2n) is 10.3. The Morgan fingerprint density at radius 3 is 2.34 bits per heavy atom. The average Bonchev–Trinajstić information content (AvgIpc) is 3.48. The maximum absolute atomic E-state index is 11.7. The first-order valence-corrected chi connectivity index (χ1v) is 14.3. The van der Waals surface area contributed by atoms with E-state index < -0.39 is 0 Å². The van der Waals surface area contributed by atoms with E-state index in [1.54, 1.807) is 0 Å². The monoisotopic (exact) mass is 723 g/mol. The topological polar surface area (TPSA) is 67.5 Å². The number of rotatable bonds is 7. The van der Waals surface area contributed by atoms with E-state index in [0.717, 1.165) is 58.5 Å². The first-order chi connectivity index (χ1) is 19.5. The second-order valence-corrected chi connectivity index (χ2v) is 10.3. The zero-order valence-electron chi connectivity index (χ0n) is 24.0. The van der Waals surface area contributed by atoms with Crippen LogP contribution in [0.3, 0.4) is 0 Å². The van der Waals surface area contributed by atoms with Crippen molar-refractivity contribution in [3.05, 3.63) is 91.1 Å². The Kier molecular flexibility index (Phi) is 9.90. The third-order valence-corrected chi connectivity index (χ3v) is 8.02. The van der Waals surface area contributed by atoms with Crippen LogP contribution in [-0.2, 0) is 24.9 Å². The number of benzene rings is 3. The number of aliphatic hydroxyl groups is 1. The van der Waals surface area contributed by atoms with Crippen molar-refractivity contribution < 1.29 is 30.0 Å². The molecule has 0 aliphatic rings. The molecule has 0 amide bonds. The van der Waals surface area contributed by atoms with Gasteiger partial charge in [-0.05, 0) is 49.3 Å². The van der Waals surface area contributed by atoms with Crippen molar-refractivity contribution in [1.82, 2.24) is 14.4 Å². The summed E-state index contributed by atoms with van der Waals surface area (Å²) in [6.45, 7) is 8.07. The van der Waals surface area contributed by atoms with Crippen LogP contribution >= 0.6 is 0 Å². The minimum Gasteiger partial charge on any atom is -0.512 e. The van der Waals surface area contributed by atoms with Crippen LogP contribution in [0.1, 0.15) is 53.4 Å². The summed E-state index contributed by atoms with van der Waals surface area (Å²) < 4.78 is 2.16. The molecule has 0 atom stereocenters. The molecule has 5 nitrogen and oxygen atoms in total. The Balaban J connectivity index is 0.000000212. The van der Waals surface area contributed by atoms with E-state index in [-0.39, 0.29) is 43.5 Å². The Hall–Kier alpha value is -3.60. The number of pyridine rings is 2. The largest absolute Gasteiger partial charge is 0.512 e.